The molecule has 1 unspecified atom stereocenters. The van der Waals surface area contributed by atoms with Crippen LogP contribution in [-0.2, 0) is 9.63 Å². The largest absolute Gasteiger partial charge is 0.393 e. The van der Waals surface area contributed by atoms with Gasteiger partial charge in [-0.2, -0.15) is 5.48 Å². The molecule has 1 atom stereocenters. The SMILES string of the molecule is CCCNOC(=O)CCCCCCCCC(O)CC(C)C. The van der Waals surface area contributed by atoms with E-state index in [9.17, 15) is 9.90 Å². The molecule has 0 saturated carbocycles. The fourth-order valence-corrected chi connectivity index (χ4v) is 2.30. The molecule has 0 fully saturated rings. The van der Waals surface area contributed by atoms with E-state index in [0.717, 1.165) is 44.9 Å². The number of nitrogens with one attached hydrogen (secondary N) is 1. The van der Waals surface area contributed by atoms with Crippen molar-refractivity contribution in [1.29, 1.82) is 0 Å². The van der Waals surface area contributed by atoms with E-state index in [1.54, 1.807) is 0 Å². The van der Waals surface area contributed by atoms with Crippen LogP contribution >= 0.6 is 0 Å². The normalized spacial score (nSPS) is 12.6. The number of unbranched alkanes of at least 4 members (excludes halogenated alkanes) is 5. The van der Waals surface area contributed by atoms with Crippen molar-refractivity contribution < 1.29 is 14.7 Å². The monoisotopic (exact) mass is 301 g/mol. The highest BCUT2D eigenvalue weighted by Crippen LogP contribution is 2.13. The van der Waals surface area contributed by atoms with E-state index in [4.69, 9.17) is 4.84 Å². The first-order chi connectivity index (χ1) is 10.1. The van der Waals surface area contributed by atoms with Gasteiger partial charge in [-0.1, -0.05) is 52.9 Å². The molecule has 0 amide bonds. The topological polar surface area (TPSA) is 58.6 Å². The van der Waals surface area contributed by atoms with E-state index < -0.39 is 0 Å². The predicted molar refractivity (Wildman–Crippen MR) is 86.8 cm³/mol. The first-order valence-electron chi connectivity index (χ1n) is 8.66. The summed E-state index contributed by atoms with van der Waals surface area (Å²) in [7, 11) is 0. The molecule has 0 heterocycles. The number of hydroxylamine groups is 1. The number of hydrogen-bond donors (Lipinski definition) is 2. The third-order valence-corrected chi connectivity index (χ3v) is 3.45. The van der Waals surface area contributed by atoms with E-state index in [0.29, 0.717) is 18.9 Å². The summed E-state index contributed by atoms with van der Waals surface area (Å²) >= 11 is 0. The zero-order chi connectivity index (χ0) is 15.9. The minimum absolute atomic E-state index is 0.129. The van der Waals surface area contributed by atoms with Gasteiger partial charge in [-0.25, -0.2) is 0 Å². The molecule has 126 valence electrons. The Morgan fingerprint density at radius 2 is 1.71 bits per heavy atom. The molecule has 0 aliphatic rings. The molecule has 4 heteroatoms. The van der Waals surface area contributed by atoms with Gasteiger partial charge in [0.25, 0.3) is 0 Å². The highest BCUT2D eigenvalue weighted by Gasteiger charge is 2.06. The van der Waals surface area contributed by atoms with Gasteiger partial charge in [0, 0.05) is 13.0 Å². The van der Waals surface area contributed by atoms with Crippen LogP contribution in [0.3, 0.4) is 0 Å². The molecule has 0 aromatic heterocycles. The molecular weight excluding hydrogens is 266 g/mol. The second kappa shape index (κ2) is 14.3. The number of hydrogen-bond acceptors (Lipinski definition) is 4. The lowest BCUT2D eigenvalue weighted by molar-refractivity contribution is -0.151. The number of carbonyl (C=O) groups excluding carboxylic acids is 1. The average molecular weight is 301 g/mol. The first kappa shape index (κ1) is 20.4. The second-order valence-electron chi connectivity index (χ2n) is 6.31. The Morgan fingerprint density at radius 3 is 2.33 bits per heavy atom. The van der Waals surface area contributed by atoms with Crippen molar-refractivity contribution in [3.63, 3.8) is 0 Å². The van der Waals surface area contributed by atoms with Crippen LogP contribution < -0.4 is 5.48 Å². The van der Waals surface area contributed by atoms with Gasteiger partial charge in [0.1, 0.15) is 0 Å². The van der Waals surface area contributed by atoms with Crippen LogP contribution in [0.1, 0.15) is 85.0 Å². The molecule has 0 aliphatic heterocycles. The minimum atomic E-state index is -0.153. The van der Waals surface area contributed by atoms with Crippen molar-refractivity contribution in [2.45, 2.75) is 91.1 Å². The molecule has 21 heavy (non-hydrogen) atoms. The lowest BCUT2D eigenvalue weighted by Crippen LogP contribution is -2.20. The Balaban J connectivity index is 3.23. The van der Waals surface area contributed by atoms with Crippen LogP contribution in [0, 0.1) is 5.92 Å². The summed E-state index contributed by atoms with van der Waals surface area (Å²) in [4.78, 5) is 16.2. The molecule has 0 aliphatic carbocycles. The van der Waals surface area contributed by atoms with Gasteiger partial charge in [0.05, 0.1) is 6.10 Å². The summed E-state index contributed by atoms with van der Waals surface area (Å²) in [5.41, 5.74) is 2.65. The summed E-state index contributed by atoms with van der Waals surface area (Å²) in [5.74, 6) is 0.423. The molecule has 0 radical (unpaired) electrons. The third-order valence-electron chi connectivity index (χ3n) is 3.45. The number of carbonyl (C=O) groups is 1. The van der Waals surface area contributed by atoms with Crippen LogP contribution in [-0.4, -0.2) is 23.7 Å². The van der Waals surface area contributed by atoms with Crippen LogP contribution in [0.15, 0.2) is 0 Å². The Morgan fingerprint density at radius 1 is 1.10 bits per heavy atom. The maximum atomic E-state index is 11.3. The average Bonchev–Trinajstić information content (AvgIpc) is 2.41. The lowest BCUT2D eigenvalue weighted by Gasteiger charge is -2.12. The van der Waals surface area contributed by atoms with E-state index in [1.165, 1.54) is 12.8 Å². The van der Waals surface area contributed by atoms with Crippen LogP contribution in [0.4, 0.5) is 0 Å². The zero-order valence-corrected chi connectivity index (χ0v) is 14.2. The fourth-order valence-electron chi connectivity index (χ4n) is 2.30. The van der Waals surface area contributed by atoms with Gasteiger partial charge in [-0.15, -0.1) is 0 Å². The van der Waals surface area contributed by atoms with Gasteiger partial charge >= 0.3 is 5.97 Å². The maximum Gasteiger partial charge on any atom is 0.324 e. The molecule has 0 aromatic carbocycles. The standard InChI is InChI=1S/C17H35NO3/c1-4-13-18-21-17(20)12-10-8-6-5-7-9-11-16(19)14-15(2)3/h15-16,18-19H,4-14H2,1-3H3. The molecule has 0 rings (SSSR count). The van der Waals surface area contributed by atoms with Crippen molar-refractivity contribution in [2.75, 3.05) is 6.54 Å². The highest BCUT2D eigenvalue weighted by atomic mass is 16.7. The van der Waals surface area contributed by atoms with Gasteiger partial charge < -0.3 is 9.94 Å². The van der Waals surface area contributed by atoms with Crippen LogP contribution in [0.25, 0.3) is 0 Å². The molecule has 4 nitrogen and oxygen atoms in total. The molecule has 0 saturated heterocycles. The molecule has 0 spiro atoms. The Bertz CT molecular complexity index is 244. The lowest BCUT2D eigenvalue weighted by atomic mass is 10.0. The van der Waals surface area contributed by atoms with E-state index in [1.807, 2.05) is 6.92 Å². The summed E-state index contributed by atoms with van der Waals surface area (Å²) in [6.45, 7) is 7.04. The number of aliphatic hydroxyl groups is 1. The molecule has 2 N–H and O–H groups in total. The van der Waals surface area contributed by atoms with Crippen molar-refractivity contribution in [3.8, 4) is 0 Å². The Kier molecular flexibility index (Phi) is 13.9. The van der Waals surface area contributed by atoms with E-state index >= 15 is 0 Å². The van der Waals surface area contributed by atoms with Crippen molar-refractivity contribution >= 4 is 5.97 Å². The van der Waals surface area contributed by atoms with Crippen molar-refractivity contribution in [3.05, 3.63) is 0 Å². The van der Waals surface area contributed by atoms with Gasteiger partial charge in [0.15, 0.2) is 0 Å². The quantitative estimate of drug-likeness (QED) is 0.376. The first-order valence-corrected chi connectivity index (χ1v) is 8.66. The highest BCUT2D eigenvalue weighted by molar-refractivity contribution is 5.68. The zero-order valence-electron chi connectivity index (χ0n) is 14.2. The van der Waals surface area contributed by atoms with Crippen LogP contribution in [0.2, 0.25) is 0 Å². The number of aliphatic hydroxyl groups excluding tert-OH is 1. The summed E-state index contributed by atoms with van der Waals surface area (Å²) in [6.07, 6.45) is 9.79. The fraction of sp³-hybridized carbons (Fsp3) is 0.941. The number of rotatable bonds is 14. The van der Waals surface area contributed by atoms with Crippen molar-refractivity contribution in [1.82, 2.24) is 5.48 Å². The Labute approximate surface area is 130 Å². The summed E-state index contributed by atoms with van der Waals surface area (Å²) in [6, 6.07) is 0. The third kappa shape index (κ3) is 15.6. The molecule has 0 aromatic rings. The Hall–Kier alpha value is -0.610. The molecular formula is C17H35NO3. The predicted octanol–water partition coefficient (Wildman–Crippen LogP) is 3.97. The summed E-state index contributed by atoms with van der Waals surface area (Å²) < 4.78 is 0. The maximum absolute atomic E-state index is 11.3. The van der Waals surface area contributed by atoms with Crippen molar-refractivity contribution in [2.24, 2.45) is 5.92 Å². The minimum Gasteiger partial charge on any atom is -0.393 e. The smallest absolute Gasteiger partial charge is 0.324 e. The van der Waals surface area contributed by atoms with E-state index in [-0.39, 0.29) is 12.1 Å². The van der Waals surface area contributed by atoms with Gasteiger partial charge in [-0.05, 0) is 31.6 Å². The molecule has 0 bridgehead atoms. The van der Waals surface area contributed by atoms with E-state index in [2.05, 4.69) is 19.3 Å². The second-order valence-corrected chi connectivity index (χ2v) is 6.31. The van der Waals surface area contributed by atoms with Crippen LogP contribution in [0.5, 0.6) is 0 Å². The van der Waals surface area contributed by atoms with Gasteiger partial charge in [-0.3, -0.25) is 4.79 Å². The summed E-state index contributed by atoms with van der Waals surface area (Å²) in [5, 5.41) is 9.75. The van der Waals surface area contributed by atoms with Gasteiger partial charge in [0.2, 0.25) is 0 Å².